The lowest BCUT2D eigenvalue weighted by atomic mass is 9.81. The van der Waals surface area contributed by atoms with Crippen molar-refractivity contribution in [2.45, 2.75) is 51.9 Å². The number of carbonyl (C=O) groups excluding carboxylic acids is 1. The quantitative estimate of drug-likeness (QED) is 0.661. The van der Waals surface area contributed by atoms with Gasteiger partial charge in [0.25, 0.3) is 5.91 Å². The third-order valence-corrected chi connectivity index (χ3v) is 5.60. The van der Waals surface area contributed by atoms with E-state index in [0.717, 1.165) is 30.2 Å². The number of ether oxygens (including phenoxy) is 1. The largest absolute Gasteiger partial charge is 0.494 e. The molecule has 1 N–H and O–H groups in total. The Bertz CT molecular complexity index is 983. The Morgan fingerprint density at radius 1 is 1.25 bits per heavy atom. The van der Waals surface area contributed by atoms with E-state index in [-0.39, 0.29) is 11.6 Å². The average Bonchev–Trinajstić information content (AvgIpc) is 3.33. The van der Waals surface area contributed by atoms with Crippen LogP contribution >= 0.6 is 0 Å². The van der Waals surface area contributed by atoms with E-state index in [2.05, 4.69) is 17.2 Å². The van der Waals surface area contributed by atoms with Gasteiger partial charge in [0.1, 0.15) is 17.5 Å². The minimum atomic E-state index is -0.368. The molecule has 1 fully saturated rings. The van der Waals surface area contributed by atoms with E-state index in [1.54, 1.807) is 26.2 Å². The van der Waals surface area contributed by atoms with Gasteiger partial charge in [0, 0.05) is 25.0 Å². The van der Waals surface area contributed by atoms with E-state index >= 15 is 0 Å². The van der Waals surface area contributed by atoms with Crippen molar-refractivity contribution < 1.29 is 18.4 Å². The summed E-state index contributed by atoms with van der Waals surface area (Å²) in [4.78, 5) is 21.1. The number of benzene rings is 1. The second kappa shape index (κ2) is 7.66. The van der Waals surface area contributed by atoms with Crippen LogP contribution in [0.4, 0.5) is 5.69 Å². The lowest BCUT2D eigenvalue weighted by Gasteiger charge is -2.25. The van der Waals surface area contributed by atoms with Crippen LogP contribution in [0.5, 0.6) is 5.75 Å². The summed E-state index contributed by atoms with van der Waals surface area (Å²) in [7, 11) is 1.56. The van der Waals surface area contributed by atoms with Gasteiger partial charge in [0.2, 0.25) is 0 Å². The van der Waals surface area contributed by atoms with Gasteiger partial charge in [0.15, 0.2) is 23.1 Å². The standard InChI is InChI=1S/C21H25N3O4/c1-4-13-5-7-14(8-6-13)21-24-16-9-18(26-3)15(10-19(16)28-21)23-20(25)17-11-27-12(2)22-17/h9-11,13-14H,4-8H2,1-3H3,(H,23,25). The molecular formula is C21H25N3O4. The number of nitrogens with one attached hydrogen (secondary N) is 1. The van der Waals surface area contributed by atoms with E-state index in [1.807, 2.05) is 0 Å². The van der Waals surface area contributed by atoms with Crippen molar-refractivity contribution in [3.63, 3.8) is 0 Å². The number of rotatable bonds is 5. The van der Waals surface area contributed by atoms with Crippen LogP contribution in [0.1, 0.15) is 67.2 Å². The van der Waals surface area contributed by atoms with Gasteiger partial charge in [-0.2, -0.15) is 0 Å². The number of hydrogen-bond donors (Lipinski definition) is 1. The van der Waals surface area contributed by atoms with Gasteiger partial charge in [-0.1, -0.05) is 13.3 Å². The van der Waals surface area contributed by atoms with E-state index in [9.17, 15) is 4.79 Å². The predicted molar refractivity (Wildman–Crippen MR) is 105 cm³/mol. The highest BCUT2D eigenvalue weighted by Crippen LogP contribution is 2.39. The minimum absolute atomic E-state index is 0.214. The van der Waals surface area contributed by atoms with E-state index in [4.69, 9.17) is 18.6 Å². The van der Waals surface area contributed by atoms with Crippen LogP contribution in [0.25, 0.3) is 11.1 Å². The first-order valence-corrected chi connectivity index (χ1v) is 9.79. The fourth-order valence-electron chi connectivity index (χ4n) is 3.89. The maximum atomic E-state index is 12.4. The lowest BCUT2D eigenvalue weighted by Crippen LogP contribution is -2.13. The Balaban J connectivity index is 1.58. The summed E-state index contributed by atoms with van der Waals surface area (Å²) < 4.78 is 16.6. The predicted octanol–water partition coefficient (Wildman–Crippen LogP) is 5.07. The van der Waals surface area contributed by atoms with E-state index < -0.39 is 0 Å². The van der Waals surface area contributed by atoms with Gasteiger partial charge >= 0.3 is 0 Å². The Morgan fingerprint density at radius 3 is 2.68 bits per heavy atom. The maximum absolute atomic E-state index is 12.4. The highest BCUT2D eigenvalue weighted by Gasteiger charge is 2.26. The molecule has 0 bridgehead atoms. The second-order valence-corrected chi connectivity index (χ2v) is 7.40. The molecule has 1 aliphatic carbocycles. The third kappa shape index (κ3) is 3.61. The van der Waals surface area contributed by atoms with Crippen molar-refractivity contribution in [1.29, 1.82) is 0 Å². The number of carbonyl (C=O) groups is 1. The number of amides is 1. The van der Waals surface area contributed by atoms with Gasteiger partial charge in [0.05, 0.1) is 12.8 Å². The zero-order chi connectivity index (χ0) is 19.7. The molecule has 0 unspecified atom stereocenters. The number of nitrogens with zero attached hydrogens (tertiary/aromatic N) is 2. The number of aromatic nitrogens is 2. The summed E-state index contributed by atoms with van der Waals surface area (Å²) in [6.07, 6.45) is 7.23. The Labute approximate surface area is 163 Å². The molecule has 1 aromatic carbocycles. The number of aryl methyl sites for hydroxylation is 1. The highest BCUT2D eigenvalue weighted by atomic mass is 16.5. The average molecular weight is 383 g/mol. The molecule has 148 valence electrons. The van der Waals surface area contributed by atoms with Crippen LogP contribution < -0.4 is 10.1 Å². The highest BCUT2D eigenvalue weighted by molar-refractivity contribution is 6.04. The summed E-state index contributed by atoms with van der Waals surface area (Å²) in [5.74, 6) is 2.55. The van der Waals surface area contributed by atoms with E-state index in [1.165, 1.54) is 25.5 Å². The molecule has 4 rings (SSSR count). The smallest absolute Gasteiger partial charge is 0.277 e. The Hall–Kier alpha value is -2.83. The molecule has 3 aromatic rings. The molecule has 2 heterocycles. The van der Waals surface area contributed by atoms with Gasteiger partial charge in [-0.3, -0.25) is 4.79 Å². The van der Waals surface area contributed by atoms with Crippen LogP contribution in [0.2, 0.25) is 0 Å². The SMILES string of the molecule is CCC1CCC(c2nc3cc(OC)c(NC(=O)c4coc(C)n4)cc3o2)CC1. The van der Waals surface area contributed by atoms with Gasteiger partial charge in [-0.05, 0) is 31.6 Å². The van der Waals surface area contributed by atoms with Gasteiger partial charge in [-0.15, -0.1) is 0 Å². The van der Waals surface area contributed by atoms with Crippen molar-refractivity contribution >= 4 is 22.7 Å². The van der Waals surface area contributed by atoms with Crippen LogP contribution in [0, 0.1) is 12.8 Å². The number of methoxy groups -OCH3 is 1. The van der Waals surface area contributed by atoms with Crippen molar-refractivity contribution in [2.75, 3.05) is 12.4 Å². The van der Waals surface area contributed by atoms with Crippen molar-refractivity contribution in [3.05, 3.63) is 35.9 Å². The molecule has 0 saturated heterocycles. The molecule has 7 heteroatoms. The van der Waals surface area contributed by atoms with E-state index in [0.29, 0.717) is 28.8 Å². The molecule has 7 nitrogen and oxygen atoms in total. The zero-order valence-electron chi connectivity index (χ0n) is 16.4. The second-order valence-electron chi connectivity index (χ2n) is 7.40. The Morgan fingerprint density at radius 2 is 2.04 bits per heavy atom. The topological polar surface area (TPSA) is 90.4 Å². The van der Waals surface area contributed by atoms with Gasteiger partial charge < -0.3 is 18.9 Å². The molecule has 1 aliphatic rings. The van der Waals surface area contributed by atoms with Crippen molar-refractivity contribution in [3.8, 4) is 5.75 Å². The van der Waals surface area contributed by atoms with Crippen molar-refractivity contribution in [1.82, 2.24) is 9.97 Å². The molecule has 0 aliphatic heterocycles. The summed E-state index contributed by atoms with van der Waals surface area (Å²) in [6, 6.07) is 3.55. The molecule has 0 spiro atoms. The first-order valence-electron chi connectivity index (χ1n) is 9.79. The number of hydrogen-bond acceptors (Lipinski definition) is 6. The fourth-order valence-corrected chi connectivity index (χ4v) is 3.89. The van der Waals surface area contributed by atoms with Crippen LogP contribution in [0.15, 0.2) is 27.2 Å². The molecule has 1 saturated carbocycles. The first kappa shape index (κ1) is 18.5. The van der Waals surface area contributed by atoms with Crippen LogP contribution in [-0.2, 0) is 0 Å². The Kier molecular flexibility index (Phi) is 5.07. The first-order chi connectivity index (χ1) is 13.6. The lowest BCUT2D eigenvalue weighted by molar-refractivity contribution is 0.102. The number of oxazole rings is 2. The number of anilines is 1. The normalized spacial score (nSPS) is 19.7. The summed E-state index contributed by atoms with van der Waals surface area (Å²) >= 11 is 0. The molecule has 2 aromatic heterocycles. The molecule has 28 heavy (non-hydrogen) atoms. The van der Waals surface area contributed by atoms with Crippen LogP contribution in [0.3, 0.4) is 0 Å². The monoisotopic (exact) mass is 383 g/mol. The molecule has 0 atom stereocenters. The van der Waals surface area contributed by atoms with Crippen LogP contribution in [-0.4, -0.2) is 23.0 Å². The molecule has 0 radical (unpaired) electrons. The third-order valence-electron chi connectivity index (χ3n) is 5.60. The van der Waals surface area contributed by atoms with Crippen molar-refractivity contribution in [2.24, 2.45) is 5.92 Å². The maximum Gasteiger partial charge on any atom is 0.277 e. The zero-order valence-corrected chi connectivity index (χ0v) is 16.4. The number of fused-ring (bicyclic) bond motifs is 1. The summed E-state index contributed by atoms with van der Waals surface area (Å²) in [5.41, 5.74) is 2.10. The minimum Gasteiger partial charge on any atom is -0.494 e. The van der Waals surface area contributed by atoms with Gasteiger partial charge in [-0.25, -0.2) is 9.97 Å². The fraction of sp³-hybridized carbons (Fsp3) is 0.476. The summed E-state index contributed by atoms with van der Waals surface area (Å²) in [5, 5.41) is 2.81. The molecule has 1 amide bonds. The molecular weight excluding hydrogens is 358 g/mol. The summed E-state index contributed by atoms with van der Waals surface area (Å²) in [6.45, 7) is 3.94.